The number of fused-ring (bicyclic) bond motifs is 1. The van der Waals surface area contributed by atoms with E-state index >= 15 is 0 Å². The van der Waals surface area contributed by atoms with Gasteiger partial charge >= 0.3 is 0 Å². The number of nitrogens with one attached hydrogen (secondary N) is 1. The number of rotatable bonds is 4. The highest BCUT2D eigenvalue weighted by Gasteiger charge is 2.30. The van der Waals surface area contributed by atoms with E-state index in [9.17, 15) is 0 Å². The van der Waals surface area contributed by atoms with E-state index in [2.05, 4.69) is 39.7 Å². The highest BCUT2D eigenvalue weighted by molar-refractivity contribution is 5.43. The van der Waals surface area contributed by atoms with Gasteiger partial charge in [0.25, 0.3) is 0 Å². The molecule has 0 amide bonds. The second kappa shape index (κ2) is 6.59. The van der Waals surface area contributed by atoms with Gasteiger partial charge in [0.2, 0.25) is 11.9 Å². The SMILES string of the molecule is COc1ccc([C@H]2C[C@@H](c3ccc(OC)cc3)n3nc(N)nc3N2)cc1. The fraction of sp³-hybridized carbons (Fsp3) is 0.263. The summed E-state index contributed by atoms with van der Waals surface area (Å²) in [6.07, 6.45) is 0.828. The van der Waals surface area contributed by atoms with Crippen LogP contribution in [0.4, 0.5) is 11.9 Å². The first kappa shape index (κ1) is 16.3. The van der Waals surface area contributed by atoms with Gasteiger partial charge in [-0.25, -0.2) is 4.68 Å². The summed E-state index contributed by atoms with van der Waals surface area (Å²) < 4.78 is 12.4. The Morgan fingerprint density at radius 3 is 2.12 bits per heavy atom. The molecule has 0 spiro atoms. The lowest BCUT2D eigenvalue weighted by Crippen LogP contribution is -2.28. The molecular weight excluding hydrogens is 330 g/mol. The summed E-state index contributed by atoms with van der Waals surface area (Å²) in [5.41, 5.74) is 8.15. The Bertz CT molecular complexity index is 889. The van der Waals surface area contributed by atoms with Gasteiger partial charge in [-0.1, -0.05) is 24.3 Å². The third-order valence-electron chi connectivity index (χ3n) is 4.72. The molecule has 0 saturated heterocycles. The van der Waals surface area contributed by atoms with Crippen LogP contribution in [0.2, 0.25) is 0 Å². The van der Waals surface area contributed by atoms with Crippen molar-refractivity contribution in [1.82, 2.24) is 14.8 Å². The van der Waals surface area contributed by atoms with Crippen LogP contribution in [0.5, 0.6) is 11.5 Å². The van der Waals surface area contributed by atoms with Gasteiger partial charge in [0, 0.05) is 0 Å². The highest BCUT2D eigenvalue weighted by Crippen LogP contribution is 2.38. The van der Waals surface area contributed by atoms with E-state index in [1.807, 2.05) is 28.9 Å². The van der Waals surface area contributed by atoms with Gasteiger partial charge in [-0.2, -0.15) is 4.98 Å². The number of benzene rings is 2. The average molecular weight is 351 g/mol. The maximum Gasteiger partial charge on any atom is 0.241 e. The summed E-state index contributed by atoms with van der Waals surface area (Å²) in [4.78, 5) is 4.34. The number of hydrogen-bond acceptors (Lipinski definition) is 6. The lowest BCUT2D eigenvalue weighted by atomic mass is 9.93. The average Bonchev–Trinajstić information content (AvgIpc) is 3.07. The summed E-state index contributed by atoms with van der Waals surface area (Å²) in [6, 6.07) is 16.2. The number of anilines is 2. The number of nitrogen functional groups attached to an aromatic ring is 1. The van der Waals surface area contributed by atoms with E-state index in [0.29, 0.717) is 5.95 Å². The minimum absolute atomic E-state index is 0.0362. The highest BCUT2D eigenvalue weighted by atomic mass is 16.5. The molecule has 26 heavy (non-hydrogen) atoms. The van der Waals surface area contributed by atoms with Crippen molar-refractivity contribution in [2.45, 2.75) is 18.5 Å². The van der Waals surface area contributed by atoms with Gasteiger partial charge in [-0.3, -0.25) is 0 Å². The molecule has 7 heteroatoms. The van der Waals surface area contributed by atoms with Crippen molar-refractivity contribution in [3.8, 4) is 11.5 Å². The molecule has 3 aromatic rings. The maximum absolute atomic E-state index is 5.85. The molecule has 2 heterocycles. The first-order chi connectivity index (χ1) is 12.7. The van der Waals surface area contributed by atoms with E-state index in [-0.39, 0.29) is 18.0 Å². The second-order valence-corrected chi connectivity index (χ2v) is 6.23. The summed E-state index contributed by atoms with van der Waals surface area (Å²) in [5.74, 6) is 2.60. The molecule has 1 aromatic heterocycles. The summed E-state index contributed by atoms with van der Waals surface area (Å²) in [6.45, 7) is 0. The van der Waals surface area contributed by atoms with Crippen LogP contribution in [0.25, 0.3) is 0 Å². The van der Waals surface area contributed by atoms with E-state index in [1.165, 1.54) is 0 Å². The summed E-state index contributed by atoms with van der Waals surface area (Å²) in [5, 5.41) is 7.81. The number of aromatic nitrogens is 3. The molecule has 0 unspecified atom stereocenters. The van der Waals surface area contributed by atoms with Gasteiger partial charge in [0.05, 0.1) is 26.3 Å². The number of nitrogens with two attached hydrogens (primary N) is 1. The zero-order valence-electron chi connectivity index (χ0n) is 14.7. The van der Waals surface area contributed by atoms with Crippen molar-refractivity contribution in [3.63, 3.8) is 0 Å². The molecule has 7 nitrogen and oxygen atoms in total. The largest absolute Gasteiger partial charge is 0.497 e. The van der Waals surface area contributed by atoms with Crippen LogP contribution >= 0.6 is 0 Å². The van der Waals surface area contributed by atoms with Gasteiger partial charge in [0.15, 0.2) is 0 Å². The number of hydrogen-bond donors (Lipinski definition) is 2. The fourth-order valence-corrected chi connectivity index (χ4v) is 3.35. The molecule has 0 aliphatic carbocycles. The van der Waals surface area contributed by atoms with Crippen LogP contribution in [0.3, 0.4) is 0 Å². The van der Waals surface area contributed by atoms with Crippen LogP contribution in [-0.2, 0) is 0 Å². The number of nitrogens with zero attached hydrogens (tertiary/aromatic N) is 3. The summed E-state index contributed by atoms with van der Waals surface area (Å²) >= 11 is 0. The van der Waals surface area contributed by atoms with Crippen molar-refractivity contribution >= 4 is 11.9 Å². The van der Waals surface area contributed by atoms with Gasteiger partial charge in [-0.15, -0.1) is 5.10 Å². The Kier molecular flexibility index (Phi) is 4.12. The van der Waals surface area contributed by atoms with Crippen LogP contribution < -0.4 is 20.5 Å². The molecule has 2 atom stereocenters. The molecule has 134 valence electrons. The van der Waals surface area contributed by atoms with Crippen LogP contribution in [0, 0.1) is 0 Å². The molecule has 0 fully saturated rings. The van der Waals surface area contributed by atoms with E-state index < -0.39 is 0 Å². The standard InChI is InChI=1S/C19H21N5O2/c1-25-14-7-3-12(4-8-14)16-11-17(13-5-9-15(26-2)10-6-13)24-19(21-16)22-18(20)23-24/h3-10,16-17H,11H2,1-2H3,(H3,20,21,22,23)/t16-,17+/m1/s1. The quantitative estimate of drug-likeness (QED) is 0.751. The Balaban J connectivity index is 1.69. The zero-order valence-corrected chi connectivity index (χ0v) is 14.7. The first-order valence-corrected chi connectivity index (χ1v) is 8.44. The van der Waals surface area contributed by atoms with Crippen LogP contribution in [0.15, 0.2) is 48.5 Å². The topological polar surface area (TPSA) is 87.2 Å². The lowest BCUT2D eigenvalue weighted by Gasteiger charge is -2.31. The predicted molar refractivity (Wildman–Crippen MR) is 99.5 cm³/mol. The normalized spacial score (nSPS) is 18.7. The molecule has 0 saturated carbocycles. The maximum atomic E-state index is 5.85. The number of ether oxygens (including phenoxy) is 2. The molecule has 0 bridgehead atoms. The van der Waals surface area contributed by atoms with E-state index in [4.69, 9.17) is 15.2 Å². The van der Waals surface area contributed by atoms with Gasteiger partial charge < -0.3 is 20.5 Å². The van der Waals surface area contributed by atoms with E-state index in [0.717, 1.165) is 29.0 Å². The molecule has 0 radical (unpaired) electrons. The van der Waals surface area contributed by atoms with Crippen molar-refractivity contribution in [2.24, 2.45) is 0 Å². The van der Waals surface area contributed by atoms with Crippen LogP contribution in [-0.4, -0.2) is 29.0 Å². The Morgan fingerprint density at radius 2 is 1.54 bits per heavy atom. The molecule has 1 aliphatic heterocycles. The number of methoxy groups -OCH3 is 2. The van der Waals surface area contributed by atoms with Crippen molar-refractivity contribution in [2.75, 3.05) is 25.3 Å². The minimum Gasteiger partial charge on any atom is -0.497 e. The molecule has 2 aromatic carbocycles. The fourth-order valence-electron chi connectivity index (χ4n) is 3.35. The molecule has 3 N–H and O–H groups in total. The predicted octanol–water partition coefficient (Wildman–Crippen LogP) is 3.02. The van der Waals surface area contributed by atoms with E-state index in [1.54, 1.807) is 14.2 Å². The zero-order chi connectivity index (χ0) is 18.1. The Labute approximate surface area is 151 Å². The van der Waals surface area contributed by atoms with Crippen LogP contribution in [0.1, 0.15) is 29.6 Å². The first-order valence-electron chi connectivity index (χ1n) is 8.44. The minimum atomic E-state index is 0.0362. The third-order valence-corrected chi connectivity index (χ3v) is 4.72. The third kappa shape index (κ3) is 2.92. The van der Waals surface area contributed by atoms with Gasteiger partial charge in [-0.05, 0) is 41.8 Å². The van der Waals surface area contributed by atoms with Crippen molar-refractivity contribution < 1.29 is 9.47 Å². The summed E-state index contributed by atoms with van der Waals surface area (Å²) in [7, 11) is 3.33. The monoisotopic (exact) mass is 351 g/mol. The lowest BCUT2D eigenvalue weighted by molar-refractivity contribution is 0.410. The Hall–Kier alpha value is -3.22. The smallest absolute Gasteiger partial charge is 0.241 e. The molecular formula is C19H21N5O2. The molecule has 1 aliphatic rings. The van der Waals surface area contributed by atoms with Crippen molar-refractivity contribution in [1.29, 1.82) is 0 Å². The Morgan fingerprint density at radius 1 is 0.962 bits per heavy atom. The van der Waals surface area contributed by atoms with Gasteiger partial charge in [0.1, 0.15) is 11.5 Å². The van der Waals surface area contributed by atoms with Crippen molar-refractivity contribution in [3.05, 3.63) is 59.7 Å². The second-order valence-electron chi connectivity index (χ2n) is 6.23. The molecule has 4 rings (SSSR count).